The number of phenols is 1. The summed E-state index contributed by atoms with van der Waals surface area (Å²) in [6.07, 6.45) is 5.34. The van der Waals surface area contributed by atoms with E-state index in [1.165, 1.54) is 32.4 Å². The van der Waals surface area contributed by atoms with Gasteiger partial charge in [0.2, 0.25) is 0 Å². The van der Waals surface area contributed by atoms with E-state index in [4.69, 9.17) is 0 Å². The number of phenolic OH excluding ortho intramolecular Hbond substituents is 1. The molecule has 2 aliphatic rings. The molecule has 3 unspecified atom stereocenters. The summed E-state index contributed by atoms with van der Waals surface area (Å²) in [6.45, 7) is 4.69. The van der Waals surface area contributed by atoms with Crippen LogP contribution in [0.5, 0.6) is 5.75 Å². The predicted octanol–water partition coefficient (Wildman–Crippen LogP) is 3.58. The average Bonchev–Trinajstić information content (AvgIpc) is 2.93. The van der Waals surface area contributed by atoms with Crippen LogP contribution < -0.4 is 0 Å². The molecule has 1 aromatic rings. The number of hydrogen-bond donors (Lipinski definition) is 1. The fourth-order valence-corrected chi connectivity index (χ4v) is 3.97. The molecule has 3 rings (SSSR count). The maximum atomic E-state index is 10.0. The Bertz CT molecular complexity index is 405. The normalized spacial score (nSPS) is 29.4. The lowest BCUT2D eigenvalue weighted by Crippen LogP contribution is -2.27. The number of rotatable bonds is 3. The third-order valence-electron chi connectivity index (χ3n) is 4.88. The summed E-state index contributed by atoms with van der Waals surface area (Å²) in [6, 6.07) is 8.24. The fourth-order valence-electron chi connectivity index (χ4n) is 3.97. The van der Waals surface area contributed by atoms with Gasteiger partial charge in [0.15, 0.2) is 0 Å². The topological polar surface area (TPSA) is 23.5 Å². The van der Waals surface area contributed by atoms with Crippen molar-refractivity contribution in [3.05, 3.63) is 29.8 Å². The largest absolute Gasteiger partial charge is 0.508 e. The van der Waals surface area contributed by atoms with Crippen molar-refractivity contribution in [2.24, 2.45) is 11.8 Å². The van der Waals surface area contributed by atoms with Gasteiger partial charge >= 0.3 is 0 Å². The molecule has 18 heavy (non-hydrogen) atoms. The summed E-state index contributed by atoms with van der Waals surface area (Å²) < 4.78 is 0. The minimum absolute atomic E-state index is 0.400. The molecular formula is C16H23NO. The zero-order valence-corrected chi connectivity index (χ0v) is 11.2. The number of likely N-dealkylation sites (tertiary alicyclic amines) is 1. The Morgan fingerprint density at radius 2 is 1.89 bits per heavy atom. The highest BCUT2D eigenvalue weighted by Crippen LogP contribution is 2.42. The zero-order valence-electron chi connectivity index (χ0n) is 11.2. The van der Waals surface area contributed by atoms with E-state index in [-0.39, 0.29) is 0 Å². The fraction of sp³-hybridized carbons (Fsp3) is 0.625. The third kappa shape index (κ3) is 2.03. The Balaban J connectivity index is 1.79. The molecule has 0 aromatic heterocycles. The van der Waals surface area contributed by atoms with Crippen molar-refractivity contribution in [1.82, 2.24) is 4.90 Å². The molecule has 0 amide bonds. The van der Waals surface area contributed by atoms with E-state index in [1.807, 2.05) is 18.2 Å². The lowest BCUT2D eigenvalue weighted by Gasteiger charge is -2.28. The van der Waals surface area contributed by atoms with Gasteiger partial charge in [-0.05, 0) is 37.2 Å². The standard InChI is InChI=1S/C16H23NO/c1-2-15(14-8-3-4-9-16(14)18)17-10-12-6-5-7-13(12)11-17/h3-4,8-9,12-13,15,18H,2,5-7,10-11H2,1H3. The van der Waals surface area contributed by atoms with Crippen LogP contribution in [0.3, 0.4) is 0 Å². The van der Waals surface area contributed by atoms with E-state index < -0.39 is 0 Å². The monoisotopic (exact) mass is 245 g/mol. The van der Waals surface area contributed by atoms with Crippen LogP contribution in [0.2, 0.25) is 0 Å². The van der Waals surface area contributed by atoms with Crippen molar-refractivity contribution in [1.29, 1.82) is 0 Å². The van der Waals surface area contributed by atoms with Gasteiger partial charge in [0.25, 0.3) is 0 Å². The second-order valence-electron chi connectivity index (χ2n) is 5.89. The molecule has 2 heteroatoms. The second-order valence-corrected chi connectivity index (χ2v) is 5.89. The van der Waals surface area contributed by atoms with Crippen molar-refractivity contribution in [2.45, 2.75) is 38.6 Å². The smallest absolute Gasteiger partial charge is 0.120 e. The summed E-state index contributed by atoms with van der Waals surface area (Å²) in [4.78, 5) is 2.60. The van der Waals surface area contributed by atoms with Gasteiger partial charge < -0.3 is 5.11 Å². The SMILES string of the molecule is CCC(c1ccccc1O)N1CC2CCCC2C1. The molecule has 1 saturated carbocycles. The minimum Gasteiger partial charge on any atom is -0.508 e. The minimum atomic E-state index is 0.400. The van der Waals surface area contributed by atoms with Crippen molar-refractivity contribution in [2.75, 3.05) is 13.1 Å². The number of nitrogens with zero attached hydrogens (tertiary/aromatic N) is 1. The maximum absolute atomic E-state index is 10.0. The third-order valence-corrected chi connectivity index (χ3v) is 4.88. The van der Waals surface area contributed by atoms with Crippen LogP contribution in [-0.4, -0.2) is 23.1 Å². The number of benzene rings is 1. The van der Waals surface area contributed by atoms with Crippen molar-refractivity contribution in [3.8, 4) is 5.75 Å². The maximum Gasteiger partial charge on any atom is 0.120 e. The molecule has 2 fully saturated rings. The number of fused-ring (bicyclic) bond motifs is 1. The number of para-hydroxylation sites is 1. The first-order valence-electron chi connectivity index (χ1n) is 7.31. The summed E-state index contributed by atoms with van der Waals surface area (Å²) in [5.41, 5.74) is 1.11. The Morgan fingerprint density at radius 1 is 1.22 bits per heavy atom. The van der Waals surface area contributed by atoms with Gasteiger partial charge in [-0.2, -0.15) is 0 Å². The Morgan fingerprint density at radius 3 is 2.50 bits per heavy atom. The molecule has 0 spiro atoms. The number of hydrogen-bond acceptors (Lipinski definition) is 2. The molecule has 0 radical (unpaired) electrons. The van der Waals surface area contributed by atoms with Crippen LogP contribution in [0.1, 0.15) is 44.2 Å². The van der Waals surface area contributed by atoms with Crippen molar-refractivity contribution >= 4 is 0 Å². The van der Waals surface area contributed by atoms with Crippen molar-refractivity contribution in [3.63, 3.8) is 0 Å². The van der Waals surface area contributed by atoms with Gasteiger partial charge in [-0.3, -0.25) is 4.90 Å². The quantitative estimate of drug-likeness (QED) is 0.880. The molecule has 1 N–H and O–H groups in total. The van der Waals surface area contributed by atoms with E-state index >= 15 is 0 Å². The number of aromatic hydroxyl groups is 1. The van der Waals surface area contributed by atoms with Crippen LogP contribution in [-0.2, 0) is 0 Å². The Kier molecular flexibility index (Phi) is 3.29. The molecule has 1 aromatic carbocycles. The first kappa shape index (κ1) is 12.0. The highest BCUT2D eigenvalue weighted by atomic mass is 16.3. The van der Waals surface area contributed by atoms with Gasteiger partial charge in [0, 0.05) is 24.7 Å². The molecule has 1 heterocycles. The molecule has 0 bridgehead atoms. The lowest BCUT2D eigenvalue weighted by atomic mass is 10.0. The van der Waals surface area contributed by atoms with Gasteiger partial charge in [-0.15, -0.1) is 0 Å². The van der Waals surface area contributed by atoms with E-state index in [0.29, 0.717) is 11.8 Å². The van der Waals surface area contributed by atoms with E-state index in [2.05, 4.69) is 17.9 Å². The van der Waals surface area contributed by atoms with Crippen molar-refractivity contribution < 1.29 is 5.11 Å². The lowest BCUT2D eigenvalue weighted by molar-refractivity contribution is 0.217. The summed E-state index contributed by atoms with van der Waals surface area (Å²) >= 11 is 0. The average molecular weight is 245 g/mol. The van der Waals surface area contributed by atoms with Gasteiger partial charge in [0.05, 0.1) is 0 Å². The van der Waals surface area contributed by atoms with E-state index in [1.54, 1.807) is 0 Å². The highest BCUT2D eigenvalue weighted by Gasteiger charge is 2.38. The highest BCUT2D eigenvalue weighted by molar-refractivity contribution is 5.34. The van der Waals surface area contributed by atoms with E-state index in [0.717, 1.165) is 23.8 Å². The second kappa shape index (κ2) is 4.93. The zero-order chi connectivity index (χ0) is 12.5. The summed E-state index contributed by atoms with van der Waals surface area (Å²) in [5, 5.41) is 10.0. The van der Waals surface area contributed by atoms with E-state index in [9.17, 15) is 5.11 Å². The first-order valence-corrected chi connectivity index (χ1v) is 7.31. The molecule has 3 atom stereocenters. The Hall–Kier alpha value is -1.02. The Labute approximate surface area is 110 Å². The summed E-state index contributed by atoms with van der Waals surface area (Å²) in [5.74, 6) is 2.30. The van der Waals surface area contributed by atoms with Crippen LogP contribution >= 0.6 is 0 Å². The van der Waals surface area contributed by atoms with Gasteiger partial charge in [-0.25, -0.2) is 0 Å². The van der Waals surface area contributed by atoms with Crippen LogP contribution in [0.15, 0.2) is 24.3 Å². The van der Waals surface area contributed by atoms with Gasteiger partial charge in [0.1, 0.15) is 5.75 Å². The predicted molar refractivity (Wildman–Crippen MR) is 73.5 cm³/mol. The van der Waals surface area contributed by atoms with Gasteiger partial charge in [-0.1, -0.05) is 31.5 Å². The first-order chi connectivity index (χ1) is 8.79. The molecule has 98 valence electrons. The molecular weight excluding hydrogens is 222 g/mol. The molecule has 1 aliphatic heterocycles. The molecule has 2 nitrogen and oxygen atoms in total. The van der Waals surface area contributed by atoms with Crippen LogP contribution in [0, 0.1) is 11.8 Å². The summed E-state index contributed by atoms with van der Waals surface area (Å²) in [7, 11) is 0. The molecule has 1 aliphatic carbocycles. The van der Waals surface area contributed by atoms with Crippen LogP contribution in [0.25, 0.3) is 0 Å². The molecule has 1 saturated heterocycles. The van der Waals surface area contributed by atoms with Crippen LogP contribution in [0.4, 0.5) is 0 Å².